The monoisotopic (exact) mass is 263 g/mol. The molecule has 0 amide bonds. The lowest BCUT2D eigenvalue weighted by atomic mass is 9.98. The van der Waals surface area contributed by atoms with Crippen LogP contribution in [-0.4, -0.2) is 16.5 Å². The smallest absolute Gasteiger partial charge is 0.107 e. The Morgan fingerprint density at radius 3 is 2.94 bits per heavy atom. The van der Waals surface area contributed by atoms with Gasteiger partial charge in [-0.05, 0) is 30.7 Å². The fourth-order valence-corrected chi connectivity index (χ4v) is 2.32. The summed E-state index contributed by atoms with van der Waals surface area (Å²) < 4.78 is 0. The van der Waals surface area contributed by atoms with Gasteiger partial charge in [-0.3, -0.25) is 0 Å². The van der Waals surface area contributed by atoms with Crippen molar-refractivity contribution < 1.29 is 0 Å². The van der Waals surface area contributed by atoms with Crippen LogP contribution < -0.4 is 5.32 Å². The van der Waals surface area contributed by atoms with Gasteiger partial charge in [-0.1, -0.05) is 30.7 Å². The van der Waals surface area contributed by atoms with Gasteiger partial charge in [0.15, 0.2) is 0 Å². The summed E-state index contributed by atoms with van der Waals surface area (Å²) in [4.78, 5) is 7.43. The zero-order valence-electron chi connectivity index (χ0n) is 10.7. The predicted octanol–water partition coefficient (Wildman–Crippen LogP) is 3.26. The number of aromatic amines is 1. The van der Waals surface area contributed by atoms with E-state index in [1.165, 1.54) is 5.56 Å². The number of nitrogens with one attached hydrogen (secondary N) is 2. The van der Waals surface area contributed by atoms with E-state index in [-0.39, 0.29) is 6.04 Å². The lowest BCUT2D eigenvalue weighted by Gasteiger charge is -2.20. The standard InChI is InChI=1S/C14H18ClN3/c1-3-16-13(9-14-17-7-8-18-14)11-5-4-6-12(15)10(11)2/h4-8,13,16H,3,9H2,1-2H3,(H,17,18). The van der Waals surface area contributed by atoms with Gasteiger partial charge in [-0.25, -0.2) is 4.98 Å². The summed E-state index contributed by atoms with van der Waals surface area (Å²) in [5.74, 6) is 0.986. The predicted molar refractivity (Wildman–Crippen MR) is 74.9 cm³/mol. The summed E-state index contributed by atoms with van der Waals surface area (Å²) in [6.45, 7) is 5.08. The maximum absolute atomic E-state index is 6.19. The van der Waals surface area contributed by atoms with E-state index in [1.54, 1.807) is 6.20 Å². The number of aromatic nitrogens is 2. The molecule has 0 saturated carbocycles. The van der Waals surface area contributed by atoms with Crippen LogP contribution in [0.4, 0.5) is 0 Å². The maximum atomic E-state index is 6.19. The number of nitrogens with zero attached hydrogens (tertiary/aromatic N) is 1. The second-order valence-electron chi connectivity index (χ2n) is 4.30. The number of hydrogen-bond acceptors (Lipinski definition) is 2. The molecule has 0 fully saturated rings. The van der Waals surface area contributed by atoms with Crippen LogP contribution in [0.5, 0.6) is 0 Å². The first kappa shape index (κ1) is 13.1. The van der Waals surface area contributed by atoms with Crippen LogP contribution in [0, 0.1) is 6.92 Å². The zero-order chi connectivity index (χ0) is 13.0. The Bertz CT molecular complexity index is 494. The summed E-state index contributed by atoms with van der Waals surface area (Å²) in [6.07, 6.45) is 4.47. The molecule has 1 atom stereocenters. The minimum atomic E-state index is 0.236. The molecule has 1 unspecified atom stereocenters. The third-order valence-corrected chi connectivity index (χ3v) is 3.50. The van der Waals surface area contributed by atoms with Gasteiger partial charge in [0.25, 0.3) is 0 Å². The second-order valence-corrected chi connectivity index (χ2v) is 4.71. The third-order valence-electron chi connectivity index (χ3n) is 3.09. The van der Waals surface area contributed by atoms with Gasteiger partial charge in [0.2, 0.25) is 0 Å². The minimum Gasteiger partial charge on any atom is -0.349 e. The number of imidazole rings is 1. The molecule has 1 heterocycles. The van der Waals surface area contributed by atoms with Gasteiger partial charge >= 0.3 is 0 Å². The summed E-state index contributed by atoms with van der Waals surface area (Å²) >= 11 is 6.19. The molecule has 0 spiro atoms. The van der Waals surface area contributed by atoms with E-state index in [4.69, 9.17) is 11.6 Å². The van der Waals surface area contributed by atoms with Crippen molar-refractivity contribution in [3.05, 3.63) is 52.6 Å². The van der Waals surface area contributed by atoms with Crippen LogP contribution in [0.2, 0.25) is 5.02 Å². The maximum Gasteiger partial charge on any atom is 0.107 e. The molecule has 2 aromatic rings. The number of likely N-dealkylation sites (N-methyl/N-ethyl adjacent to an activating group) is 1. The lowest BCUT2D eigenvalue weighted by Crippen LogP contribution is -2.24. The van der Waals surface area contributed by atoms with Gasteiger partial charge in [-0.15, -0.1) is 0 Å². The molecule has 0 aliphatic heterocycles. The Balaban J connectivity index is 2.26. The highest BCUT2D eigenvalue weighted by Crippen LogP contribution is 2.25. The van der Waals surface area contributed by atoms with Crippen LogP contribution >= 0.6 is 11.6 Å². The number of rotatable bonds is 5. The van der Waals surface area contributed by atoms with Gasteiger partial charge < -0.3 is 10.3 Å². The summed E-state index contributed by atoms with van der Waals surface area (Å²) in [6, 6.07) is 6.28. The minimum absolute atomic E-state index is 0.236. The van der Waals surface area contributed by atoms with Gasteiger partial charge in [-0.2, -0.15) is 0 Å². The topological polar surface area (TPSA) is 40.7 Å². The molecule has 96 valence electrons. The van der Waals surface area contributed by atoms with Gasteiger partial charge in [0, 0.05) is 29.9 Å². The van der Waals surface area contributed by atoms with Crippen molar-refractivity contribution in [2.24, 2.45) is 0 Å². The highest BCUT2D eigenvalue weighted by molar-refractivity contribution is 6.31. The summed E-state index contributed by atoms with van der Waals surface area (Å²) in [7, 11) is 0. The normalized spacial score (nSPS) is 12.6. The molecule has 1 aromatic heterocycles. The average molecular weight is 264 g/mol. The molecule has 4 heteroatoms. The van der Waals surface area contributed by atoms with E-state index in [9.17, 15) is 0 Å². The van der Waals surface area contributed by atoms with E-state index >= 15 is 0 Å². The van der Waals surface area contributed by atoms with Crippen molar-refractivity contribution >= 4 is 11.6 Å². The zero-order valence-corrected chi connectivity index (χ0v) is 11.5. The van der Waals surface area contributed by atoms with Crippen molar-refractivity contribution in [1.82, 2.24) is 15.3 Å². The Morgan fingerprint density at radius 1 is 1.44 bits per heavy atom. The van der Waals surface area contributed by atoms with Crippen LogP contribution in [0.25, 0.3) is 0 Å². The Kier molecular flexibility index (Phi) is 4.39. The largest absolute Gasteiger partial charge is 0.349 e. The molecule has 2 rings (SSSR count). The molecular weight excluding hydrogens is 246 g/mol. The van der Waals surface area contributed by atoms with Crippen LogP contribution in [-0.2, 0) is 6.42 Å². The van der Waals surface area contributed by atoms with Crippen molar-refractivity contribution in [3.8, 4) is 0 Å². The van der Waals surface area contributed by atoms with Crippen molar-refractivity contribution in [2.45, 2.75) is 26.3 Å². The van der Waals surface area contributed by atoms with Crippen molar-refractivity contribution in [1.29, 1.82) is 0 Å². The molecule has 3 nitrogen and oxygen atoms in total. The van der Waals surface area contributed by atoms with E-state index in [0.717, 1.165) is 29.4 Å². The summed E-state index contributed by atoms with van der Waals surface area (Å²) in [5, 5.41) is 4.30. The molecule has 0 radical (unpaired) electrons. The Labute approximate surface area is 113 Å². The Morgan fingerprint density at radius 2 is 2.28 bits per heavy atom. The summed E-state index contributed by atoms with van der Waals surface area (Å²) in [5.41, 5.74) is 2.37. The highest BCUT2D eigenvalue weighted by atomic mass is 35.5. The fourth-order valence-electron chi connectivity index (χ4n) is 2.14. The molecule has 18 heavy (non-hydrogen) atoms. The molecule has 2 N–H and O–H groups in total. The quantitative estimate of drug-likeness (QED) is 0.869. The van der Waals surface area contributed by atoms with E-state index in [2.05, 4.69) is 35.2 Å². The molecular formula is C14H18ClN3. The van der Waals surface area contributed by atoms with E-state index in [0.29, 0.717) is 0 Å². The van der Waals surface area contributed by atoms with Crippen LogP contribution in [0.3, 0.4) is 0 Å². The molecule has 0 aliphatic rings. The third kappa shape index (κ3) is 2.92. The Hall–Kier alpha value is -1.32. The molecule has 0 aliphatic carbocycles. The highest BCUT2D eigenvalue weighted by Gasteiger charge is 2.15. The van der Waals surface area contributed by atoms with Crippen LogP contribution in [0.15, 0.2) is 30.6 Å². The first-order chi connectivity index (χ1) is 8.72. The van der Waals surface area contributed by atoms with Crippen molar-refractivity contribution in [2.75, 3.05) is 6.54 Å². The first-order valence-electron chi connectivity index (χ1n) is 6.19. The molecule has 0 saturated heterocycles. The van der Waals surface area contributed by atoms with Crippen molar-refractivity contribution in [3.63, 3.8) is 0 Å². The number of halogens is 1. The average Bonchev–Trinajstić information content (AvgIpc) is 2.85. The van der Waals surface area contributed by atoms with E-state index < -0.39 is 0 Å². The molecule has 0 bridgehead atoms. The van der Waals surface area contributed by atoms with Gasteiger partial charge in [0.05, 0.1) is 0 Å². The van der Waals surface area contributed by atoms with Gasteiger partial charge in [0.1, 0.15) is 5.82 Å². The van der Waals surface area contributed by atoms with Crippen LogP contribution in [0.1, 0.15) is 29.9 Å². The number of H-pyrrole nitrogens is 1. The number of hydrogen-bond donors (Lipinski definition) is 2. The number of benzene rings is 1. The van der Waals surface area contributed by atoms with E-state index in [1.807, 2.05) is 18.3 Å². The SMILES string of the molecule is CCNC(Cc1ncc[nH]1)c1cccc(Cl)c1C. The first-order valence-corrected chi connectivity index (χ1v) is 6.56. The molecule has 1 aromatic carbocycles. The second kappa shape index (κ2) is 6.03. The lowest BCUT2D eigenvalue weighted by molar-refractivity contribution is 0.537. The fraction of sp³-hybridized carbons (Fsp3) is 0.357.